The molecule has 0 aliphatic rings. The van der Waals surface area contributed by atoms with Crippen LogP contribution in [-0.4, -0.2) is 4.99 Å². The molecule has 1 N–H and O–H groups in total. The van der Waals surface area contributed by atoms with E-state index in [0.29, 0.717) is 26.3 Å². The molecule has 0 saturated heterocycles. The Hall–Kier alpha value is -2.40. The first kappa shape index (κ1) is 21.3. The summed E-state index contributed by atoms with van der Waals surface area (Å²) < 4.78 is 1.74. The van der Waals surface area contributed by atoms with E-state index in [1.165, 1.54) is 0 Å². The molecule has 0 unspecified atom stereocenters. The molecule has 3 nitrogen and oxygen atoms in total. The summed E-state index contributed by atoms with van der Waals surface area (Å²) in [6.45, 7) is 5.96. The van der Waals surface area contributed by atoms with Gasteiger partial charge in [0.1, 0.15) is 0 Å². The van der Waals surface area contributed by atoms with Crippen molar-refractivity contribution in [2.45, 2.75) is 20.8 Å². The maximum Gasteiger partial charge on any atom is 0.238 e. The molecule has 0 atom stereocenters. The van der Waals surface area contributed by atoms with Crippen molar-refractivity contribution in [1.29, 1.82) is 0 Å². The first-order valence-electron chi connectivity index (χ1n) is 9.00. The fourth-order valence-electron chi connectivity index (χ4n) is 2.90. The van der Waals surface area contributed by atoms with Gasteiger partial charge in [0.25, 0.3) is 0 Å². The molecule has 0 radical (unpaired) electrons. The first-order chi connectivity index (χ1) is 13.8. The lowest BCUT2D eigenvalue weighted by Crippen LogP contribution is -2.40. The Balaban J connectivity index is 2.13. The van der Waals surface area contributed by atoms with Crippen molar-refractivity contribution in [3.8, 4) is 0 Å². The summed E-state index contributed by atoms with van der Waals surface area (Å²) in [6.07, 6.45) is 3.66. The van der Waals surface area contributed by atoms with Gasteiger partial charge >= 0.3 is 0 Å². The molecule has 3 aromatic rings. The highest BCUT2D eigenvalue weighted by molar-refractivity contribution is 7.81. The van der Waals surface area contributed by atoms with E-state index in [1.54, 1.807) is 29.0 Å². The largest absolute Gasteiger partial charge is 0.867 e. The van der Waals surface area contributed by atoms with E-state index in [1.807, 2.05) is 57.3 Å². The minimum absolute atomic E-state index is 0.248. The van der Waals surface area contributed by atoms with Gasteiger partial charge in [-0.15, -0.1) is 0 Å². The second kappa shape index (κ2) is 8.95. The number of aromatic nitrogens is 1. The molecule has 148 valence electrons. The lowest BCUT2D eigenvalue weighted by Gasteiger charge is -2.18. The number of nitrogens with zero attached hydrogens (tertiary/aromatic N) is 1. The van der Waals surface area contributed by atoms with Gasteiger partial charge in [0.2, 0.25) is 5.70 Å². The number of hydrogen-bond acceptors (Lipinski definition) is 2. The fraction of sp³-hybridized carbons (Fsp3) is 0.130. The molecule has 0 amide bonds. The second-order valence-electron chi connectivity index (χ2n) is 6.87. The van der Waals surface area contributed by atoms with Crippen LogP contribution >= 0.6 is 35.4 Å². The average molecular weight is 443 g/mol. The molecule has 0 aliphatic carbocycles. The van der Waals surface area contributed by atoms with E-state index < -0.39 is 0 Å². The molecule has 2 aromatic carbocycles. The molecule has 0 spiro atoms. The van der Waals surface area contributed by atoms with E-state index in [9.17, 15) is 5.11 Å². The van der Waals surface area contributed by atoms with Crippen LogP contribution in [0, 0.1) is 20.8 Å². The summed E-state index contributed by atoms with van der Waals surface area (Å²) >= 11 is 17.8. The number of halogens is 2. The fourth-order valence-corrected chi connectivity index (χ4v) is 3.50. The summed E-state index contributed by atoms with van der Waals surface area (Å²) in [7, 11) is 0. The third-order valence-corrected chi connectivity index (χ3v) is 5.49. The predicted octanol–water partition coefficient (Wildman–Crippen LogP) is 5.33. The SMILES string of the molecule is Cc1ccc(C)c(NC(=S)/C(=C(\[O-])c2ccc(Cl)c(Cl)c2)[n+]2cccc(C)c2)c1. The molecule has 0 bridgehead atoms. The number of benzene rings is 2. The lowest BCUT2D eigenvalue weighted by atomic mass is 10.1. The monoisotopic (exact) mass is 442 g/mol. The number of anilines is 1. The Kier molecular flexibility index (Phi) is 6.58. The highest BCUT2D eigenvalue weighted by atomic mass is 35.5. The van der Waals surface area contributed by atoms with Gasteiger partial charge in [0.15, 0.2) is 17.4 Å². The van der Waals surface area contributed by atoms with Crippen LogP contribution in [0.5, 0.6) is 0 Å². The van der Waals surface area contributed by atoms with Crippen LogP contribution in [0.4, 0.5) is 5.69 Å². The minimum atomic E-state index is -0.248. The van der Waals surface area contributed by atoms with E-state index in [2.05, 4.69) is 5.32 Å². The van der Waals surface area contributed by atoms with E-state index >= 15 is 0 Å². The van der Waals surface area contributed by atoms with Gasteiger partial charge in [-0.3, -0.25) is 0 Å². The van der Waals surface area contributed by atoms with Crippen molar-refractivity contribution in [3.63, 3.8) is 0 Å². The van der Waals surface area contributed by atoms with Gasteiger partial charge in [0.05, 0.1) is 10.0 Å². The van der Waals surface area contributed by atoms with Gasteiger partial charge < -0.3 is 10.4 Å². The quantitative estimate of drug-likeness (QED) is 0.256. The lowest BCUT2D eigenvalue weighted by molar-refractivity contribution is -0.578. The Morgan fingerprint density at radius 3 is 2.41 bits per heavy atom. The first-order valence-corrected chi connectivity index (χ1v) is 10.2. The van der Waals surface area contributed by atoms with Crippen LogP contribution in [0.25, 0.3) is 11.5 Å². The van der Waals surface area contributed by atoms with Gasteiger partial charge in [-0.1, -0.05) is 53.6 Å². The van der Waals surface area contributed by atoms with Crippen LogP contribution in [0.15, 0.2) is 60.9 Å². The Morgan fingerprint density at radius 2 is 1.72 bits per heavy atom. The van der Waals surface area contributed by atoms with E-state index in [-0.39, 0.29) is 5.76 Å². The zero-order valence-corrected chi connectivity index (χ0v) is 18.6. The maximum absolute atomic E-state index is 13.4. The number of hydrogen-bond donors (Lipinski definition) is 1. The van der Waals surface area contributed by atoms with Crippen molar-refractivity contribution < 1.29 is 9.67 Å². The van der Waals surface area contributed by atoms with Crippen molar-refractivity contribution in [2.75, 3.05) is 5.32 Å². The molecule has 29 heavy (non-hydrogen) atoms. The topological polar surface area (TPSA) is 39.0 Å². The third kappa shape index (κ3) is 4.96. The summed E-state index contributed by atoms with van der Waals surface area (Å²) in [5.74, 6) is -0.248. The van der Waals surface area contributed by atoms with Gasteiger partial charge in [-0.2, -0.15) is 4.57 Å². The molecular weight excluding hydrogens is 423 g/mol. The molecule has 6 heteroatoms. The van der Waals surface area contributed by atoms with Crippen LogP contribution in [-0.2, 0) is 0 Å². The van der Waals surface area contributed by atoms with E-state index in [0.717, 1.165) is 22.4 Å². The molecule has 0 fully saturated rings. The number of nitrogens with one attached hydrogen (secondary N) is 1. The summed E-state index contributed by atoms with van der Waals surface area (Å²) in [5.41, 5.74) is 4.75. The zero-order chi connectivity index (χ0) is 21.1. The van der Waals surface area contributed by atoms with Crippen molar-refractivity contribution in [3.05, 3.63) is 93.2 Å². The smallest absolute Gasteiger partial charge is 0.238 e. The molecule has 0 aliphatic heterocycles. The van der Waals surface area contributed by atoms with Crippen LogP contribution in [0.3, 0.4) is 0 Å². The van der Waals surface area contributed by atoms with Crippen molar-refractivity contribution in [1.82, 2.24) is 0 Å². The second-order valence-corrected chi connectivity index (χ2v) is 8.09. The average Bonchev–Trinajstić information content (AvgIpc) is 2.67. The highest BCUT2D eigenvalue weighted by Crippen LogP contribution is 2.26. The Bertz CT molecular complexity index is 1130. The van der Waals surface area contributed by atoms with Gasteiger partial charge in [-0.25, -0.2) is 0 Å². The number of aryl methyl sites for hydroxylation is 3. The van der Waals surface area contributed by atoms with Crippen LogP contribution in [0.2, 0.25) is 10.0 Å². The third-order valence-electron chi connectivity index (χ3n) is 4.46. The molecule has 1 heterocycles. The normalized spacial score (nSPS) is 11.8. The number of thiocarbonyl (C=S) groups is 1. The summed E-state index contributed by atoms with van der Waals surface area (Å²) in [5, 5.41) is 17.4. The van der Waals surface area contributed by atoms with Gasteiger partial charge in [0, 0.05) is 17.3 Å². The van der Waals surface area contributed by atoms with Crippen LogP contribution < -0.4 is 15.0 Å². The van der Waals surface area contributed by atoms with Crippen molar-refractivity contribution in [2.24, 2.45) is 0 Å². The maximum atomic E-state index is 13.4. The molecule has 3 rings (SSSR count). The van der Waals surface area contributed by atoms with Crippen LogP contribution in [0.1, 0.15) is 22.3 Å². The number of pyridine rings is 1. The number of rotatable bonds is 4. The summed E-state index contributed by atoms with van der Waals surface area (Å²) in [6, 6.07) is 14.7. The standard InChI is InChI=1S/C23H20Cl2N2OS/c1-14-6-7-16(3)20(11-14)26-23(29)21(27-10-4-5-15(2)13-27)22(28)17-8-9-18(24)19(25)12-17/h4-13H,1-3H3,(H-,26,28,29). The zero-order valence-electron chi connectivity index (χ0n) is 16.3. The van der Waals surface area contributed by atoms with Gasteiger partial charge in [-0.05, 0) is 67.5 Å². The molecular formula is C23H20Cl2N2OS. The minimum Gasteiger partial charge on any atom is -0.867 e. The Labute approximate surface area is 186 Å². The van der Waals surface area contributed by atoms with E-state index in [4.69, 9.17) is 35.4 Å². The highest BCUT2D eigenvalue weighted by Gasteiger charge is 2.20. The molecule has 1 aromatic heterocycles. The predicted molar refractivity (Wildman–Crippen MR) is 123 cm³/mol. The van der Waals surface area contributed by atoms with Crippen molar-refractivity contribution >= 4 is 57.6 Å². The summed E-state index contributed by atoms with van der Waals surface area (Å²) in [4.78, 5) is 0.324. The molecule has 0 saturated carbocycles. The Morgan fingerprint density at radius 1 is 0.966 bits per heavy atom.